The highest BCUT2D eigenvalue weighted by Crippen LogP contribution is 2.37. The highest BCUT2D eigenvalue weighted by molar-refractivity contribution is 6.10. The van der Waals surface area contributed by atoms with Crippen molar-refractivity contribution in [1.29, 1.82) is 0 Å². The van der Waals surface area contributed by atoms with Crippen molar-refractivity contribution < 1.29 is 4.92 Å². The third kappa shape index (κ3) is 1.37. The van der Waals surface area contributed by atoms with Gasteiger partial charge in [-0.3, -0.25) is 10.1 Å². The molecule has 0 aliphatic heterocycles. The van der Waals surface area contributed by atoms with Crippen LogP contribution in [0.15, 0.2) is 48.5 Å². The maximum absolute atomic E-state index is 11.3. The van der Waals surface area contributed by atoms with Crippen LogP contribution in [0.2, 0.25) is 0 Å². The van der Waals surface area contributed by atoms with Crippen LogP contribution >= 0.6 is 0 Å². The monoisotopic (exact) mass is 237 g/mol. The van der Waals surface area contributed by atoms with E-state index in [4.69, 9.17) is 0 Å². The Kier molecular flexibility index (Phi) is 2.27. The summed E-state index contributed by atoms with van der Waals surface area (Å²) in [5, 5.41) is 14.7. The summed E-state index contributed by atoms with van der Waals surface area (Å²) in [5.74, 6) is 0. The average Bonchev–Trinajstić information content (AvgIpc) is 2.39. The van der Waals surface area contributed by atoms with Crippen LogP contribution in [0.4, 0.5) is 5.69 Å². The van der Waals surface area contributed by atoms with E-state index in [0.717, 1.165) is 16.3 Å². The van der Waals surface area contributed by atoms with Crippen LogP contribution in [0.3, 0.4) is 0 Å². The highest BCUT2D eigenvalue weighted by Gasteiger charge is 2.18. The number of hydrogen-bond donors (Lipinski definition) is 0. The quantitative estimate of drug-likeness (QED) is 0.361. The van der Waals surface area contributed by atoms with Crippen molar-refractivity contribution in [2.75, 3.05) is 0 Å². The van der Waals surface area contributed by atoms with Crippen LogP contribution in [0.25, 0.3) is 21.5 Å². The van der Waals surface area contributed by atoms with Crippen molar-refractivity contribution in [2.45, 2.75) is 6.92 Å². The van der Waals surface area contributed by atoms with Gasteiger partial charge in [0.2, 0.25) is 0 Å². The van der Waals surface area contributed by atoms with Crippen molar-refractivity contribution >= 4 is 27.2 Å². The third-order valence-corrected chi connectivity index (χ3v) is 3.35. The Morgan fingerprint density at radius 3 is 1.61 bits per heavy atom. The minimum Gasteiger partial charge on any atom is -0.258 e. The second kappa shape index (κ2) is 3.81. The smallest absolute Gasteiger partial charge is 0.258 e. The first kappa shape index (κ1) is 10.7. The molecule has 0 N–H and O–H groups in total. The van der Waals surface area contributed by atoms with Gasteiger partial charge in [0.15, 0.2) is 0 Å². The van der Waals surface area contributed by atoms with Crippen molar-refractivity contribution in [2.24, 2.45) is 0 Å². The Hall–Kier alpha value is -2.42. The minimum atomic E-state index is -0.288. The van der Waals surface area contributed by atoms with Crippen LogP contribution in [-0.4, -0.2) is 4.92 Å². The van der Waals surface area contributed by atoms with Gasteiger partial charge in [0.1, 0.15) is 0 Å². The zero-order chi connectivity index (χ0) is 12.7. The Labute approximate surface area is 104 Å². The van der Waals surface area contributed by atoms with Gasteiger partial charge >= 0.3 is 0 Å². The molecule has 3 nitrogen and oxygen atoms in total. The summed E-state index contributed by atoms with van der Waals surface area (Å²) in [6, 6.07) is 15.0. The standard InChI is InChI=1S/C15H11NO2/c1-10-11-6-2-4-8-13(11)15(16(17)18)14-9-5-3-7-12(10)14/h2-9H,1H3. The molecule has 0 saturated heterocycles. The van der Waals surface area contributed by atoms with Crippen molar-refractivity contribution in [3.05, 3.63) is 64.2 Å². The third-order valence-electron chi connectivity index (χ3n) is 3.35. The van der Waals surface area contributed by atoms with E-state index in [9.17, 15) is 10.1 Å². The lowest BCUT2D eigenvalue weighted by Gasteiger charge is -2.08. The van der Waals surface area contributed by atoms with E-state index in [1.54, 1.807) is 0 Å². The molecule has 3 aromatic rings. The van der Waals surface area contributed by atoms with Crippen molar-refractivity contribution in [1.82, 2.24) is 0 Å². The van der Waals surface area contributed by atoms with Crippen LogP contribution in [0.5, 0.6) is 0 Å². The second-order valence-electron chi connectivity index (χ2n) is 4.32. The molecule has 0 unspecified atom stereocenters. The maximum Gasteiger partial charge on any atom is 0.284 e. The maximum atomic E-state index is 11.3. The largest absolute Gasteiger partial charge is 0.284 e. The van der Waals surface area contributed by atoms with Gasteiger partial charge in [-0.25, -0.2) is 0 Å². The first-order valence-electron chi connectivity index (χ1n) is 5.74. The van der Waals surface area contributed by atoms with Crippen LogP contribution in [0.1, 0.15) is 5.56 Å². The summed E-state index contributed by atoms with van der Waals surface area (Å²) in [7, 11) is 0. The number of nitro benzene ring substituents is 1. The normalized spacial score (nSPS) is 10.9. The van der Waals surface area contributed by atoms with E-state index in [-0.39, 0.29) is 10.6 Å². The Bertz CT molecular complexity index is 721. The molecule has 3 heteroatoms. The van der Waals surface area contributed by atoms with E-state index in [1.807, 2.05) is 55.5 Å². The molecule has 0 spiro atoms. The van der Waals surface area contributed by atoms with Gasteiger partial charge in [0, 0.05) is 0 Å². The number of nitro groups is 1. The molecule has 0 aliphatic carbocycles. The fourth-order valence-electron chi connectivity index (χ4n) is 2.52. The van der Waals surface area contributed by atoms with Crippen LogP contribution < -0.4 is 0 Å². The van der Waals surface area contributed by atoms with Gasteiger partial charge in [-0.1, -0.05) is 36.4 Å². The molecule has 3 aromatic carbocycles. The number of benzene rings is 3. The lowest BCUT2D eigenvalue weighted by atomic mass is 9.96. The van der Waals surface area contributed by atoms with Gasteiger partial charge in [-0.2, -0.15) is 0 Å². The molecule has 0 bridgehead atoms. The molecule has 0 aliphatic rings. The molecule has 0 heterocycles. The molecule has 0 fully saturated rings. The van der Waals surface area contributed by atoms with Crippen LogP contribution in [-0.2, 0) is 0 Å². The molecule has 0 amide bonds. The van der Waals surface area contributed by atoms with Gasteiger partial charge < -0.3 is 0 Å². The fraction of sp³-hybridized carbons (Fsp3) is 0.0667. The number of rotatable bonds is 1. The number of aryl methyl sites for hydroxylation is 1. The fourth-order valence-corrected chi connectivity index (χ4v) is 2.52. The van der Waals surface area contributed by atoms with E-state index < -0.39 is 0 Å². The molecular formula is C15H11NO2. The van der Waals surface area contributed by atoms with Gasteiger partial charge in [0.05, 0.1) is 15.7 Å². The second-order valence-corrected chi connectivity index (χ2v) is 4.32. The summed E-state index contributed by atoms with van der Waals surface area (Å²) in [4.78, 5) is 11.1. The molecule has 3 rings (SSSR count). The Morgan fingerprint density at radius 2 is 1.22 bits per heavy atom. The van der Waals surface area contributed by atoms with Crippen molar-refractivity contribution in [3.63, 3.8) is 0 Å². The summed E-state index contributed by atoms with van der Waals surface area (Å²) in [6.07, 6.45) is 0. The number of hydrogen-bond acceptors (Lipinski definition) is 2. The zero-order valence-corrected chi connectivity index (χ0v) is 9.88. The molecule has 18 heavy (non-hydrogen) atoms. The number of non-ortho nitro benzene ring substituents is 1. The molecule has 0 atom stereocenters. The molecular weight excluding hydrogens is 226 g/mol. The lowest BCUT2D eigenvalue weighted by Crippen LogP contribution is -1.93. The van der Waals surface area contributed by atoms with Gasteiger partial charge in [-0.05, 0) is 35.4 Å². The first-order chi connectivity index (χ1) is 8.70. The van der Waals surface area contributed by atoms with E-state index in [0.29, 0.717) is 10.8 Å². The van der Waals surface area contributed by atoms with Gasteiger partial charge in [0.25, 0.3) is 5.69 Å². The summed E-state index contributed by atoms with van der Waals surface area (Å²) in [5.41, 5.74) is 1.29. The predicted molar refractivity (Wildman–Crippen MR) is 72.8 cm³/mol. The van der Waals surface area contributed by atoms with Crippen molar-refractivity contribution in [3.8, 4) is 0 Å². The number of fused-ring (bicyclic) bond motifs is 2. The van der Waals surface area contributed by atoms with Gasteiger partial charge in [-0.15, -0.1) is 0 Å². The summed E-state index contributed by atoms with van der Waals surface area (Å²) < 4.78 is 0. The van der Waals surface area contributed by atoms with Crippen LogP contribution in [0, 0.1) is 17.0 Å². The SMILES string of the molecule is Cc1c2ccccc2c([N+](=O)[O-])c2ccccc12. The Morgan fingerprint density at radius 1 is 0.833 bits per heavy atom. The summed E-state index contributed by atoms with van der Waals surface area (Å²) >= 11 is 0. The zero-order valence-electron chi connectivity index (χ0n) is 9.88. The highest BCUT2D eigenvalue weighted by atomic mass is 16.6. The predicted octanol–water partition coefficient (Wildman–Crippen LogP) is 4.21. The van der Waals surface area contributed by atoms with E-state index >= 15 is 0 Å². The molecule has 88 valence electrons. The molecule has 0 radical (unpaired) electrons. The lowest BCUT2D eigenvalue weighted by molar-refractivity contribution is -0.381. The van der Waals surface area contributed by atoms with E-state index in [1.165, 1.54) is 0 Å². The molecule has 0 saturated carbocycles. The molecule has 0 aromatic heterocycles. The first-order valence-corrected chi connectivity index (χ1v) is 5.74. The topological polar surface area (TPSA) is 43.1 Å². The summed E-state index contributed by atoms with van der Waals surface area (Å²) in [6.45, 7) is 2.01. The van der Waals surface area contributed by atoms with E-state index in [2.05, 4.69) is 0 Å². The average molecular weight is 237 g/mol. The minimum absolute atomic E-state index is 0.201. The Balaban J connectivity index is 2.67. The number of nitrogens with zero attached hydrogens (tertiary/aromatic N) is 1.